The first-order valence-electron chi connectivity index (χ1n) is 9.28. The van der Waals surface area contributed by atoms with Crippen molar-refractivity contribution in [2.45, 2.75) is 0 Å². The Hall–Kier alpha value is -3.93. The molecule has 1 aliphatic rings. The van der Waals surface area contributed by atoms with Crippen molar-refractivity contribution in [2.24, 2.45) is 4.99 Å². The number of ether oxygens (including phenoxy) is 2. The van der Waals surface area contributed by atoms with Gasteiger partial charge in [0.2, 0.25) is 0 Å². The van der Waals surface area contributed by atoms with Crippen LogP contribution in [0, 0.1) is 5.82 Å². The Bertz CT molecular complexity index is 1140. The summed E-state index contributed by atoms with van der Waals surface area (Å²) in [6.07, 6.45) is 1.64. The quantitative estimate of drug-likeness (QED) is 0.583. The van der Waals surface area contributed by atoms with E-state index < -0.39 is 0 Å². The van der Waals surface area contributed by atoms with Gasteiger partial charge in [0.05, 0.1) is 19.9 Å². The molecule has 4 rings (SSSR count). The van der Waals surface area contributed by atoms with E-state index >= 15 is 0 Å². The molecule has 0 aromatic heterocycles. The summed E-state index contributed by atoms with van der Waals surface area (Å²) in [6, 6.07) is 20.4. The lowest BCUT2D eigenvalue weighted by Crippen LogP contribution is -2.32. The largest absolute Gasteiger partial charge is 0.497 e. The molecule has 0 radical (unpaired) electrons. The average molecular weight is 402 g/mol. The van der Waals surface area contributed by atoms with Crippen LogP contribution in [-0.2, 0) is 4.79 Å². The van der Waals surface area contributed by atoms with Gasteiger partial charge in [-0.2, -0.15) is 0 Å². The summed E-state index contributed by atoms with van der Waals surface area (Å²) in [7, 11) is 3.17. The molecule has 0 saturated carbocycles. The van der Waals surface area contributed by atoms with E-state index in [1.54, 1.807) is 43.4 Å². The monoisotopic (exact) mass is 402 g/mol. The molecular formula is C24H19FN2O3. The number of amides is 1. The van der Waals surface area contributed by atoms with Crippen molar-refractivity contribution in [1.29, 1.82) is 0 Å². The minimum atomic E-state index is -0.338. The van der Waals surface area contributed by atoms with E-state index in [2.05, 4.69) is 4.99 Å². The van der Waals surface area contributed by atoms with E-state index in [1.165, 1.54) is 12.1 Å². The summed E-state index contributed by atoms with van der Waals surface area (Å²) in [5.74, 6) is 1.21. The van der Waals surface area contributed by atoms with E-state index in [9.17, 15) is 9.18 Å². The zero-order chi connectivity index (χ0) is 21.1. The van der Waals surface area contributed by atoms with Crippen LogP contribution in [0.1, 0.15) is 11.1 Å². The zero-order valence-corrected chi connectivity index (χ0v) is 16.5. The second kappa shape index (κ2) is 8.21. The van der Waals surface area contributed by atoms with Crippen LogP contribution in [0.3, 0.4) is 0 Å². The molecule has 0 fully saturated rings. The third-order valence-corrected chi connectivity index (χ3v) is 4.69. The number of rotatable bonds is 5. The molecule has 6 heteroatoms. The van der Waals surface area contributed by atoms with Crippen LogP contribution >= 0.6 is 0 Å². The van der Waals surface area contributed by atoms with Crippen molar-refractivity contribution in [3.8, 4) is 11.5 Å². The van der Waals surface area contributed by atoms with Crippen LogP contribution < -0.4 is 14.4 Å². The topological polar surface area (TPSA) is 51.1 Å². The van der Waals surface area contributed by atoms with Crippen molar-refractivity contribution in [3.05, 3.63) is 95.4 Å². The van der Waals surface area contributed by atoms with Crippen molar-refractivity contribution in [1.82, 2.24) is 0 Å². The molecule has 5 nitrogen and oxygen atoms in total. The van der Waals surface area contributed by atoms with Crippen LogP contribution in [0.25, 0.3) is 6.08 Å². The third-order valence-electron chi connectivity index (χ3n) is 4.69. The Labute approximate surface area is 173 Å². The van der Waals surface area contributed by atoms with Gasteiger partial charge in [0, 0.05) is 11.6 Å². The molecule has 150 valence electrons. The lowest BCUT2D eigenvalue weighted by molar-refractivity contribution is -0.113. The normalized spacial score (nSPS) is 14.8. The van der Waals surface area contributed by atoms with Gasteiger partial charge >= 0.3 is 0 Å². The lowest BCUT2D eigenvalue weighted by Gasteiger charge is -2.19. The highest BCUT2D eigenvalue weighted by atomic mass is 19.1. The van der Waals surface area contributed by atoms with Crippen molar-refractivity contribution >= 4 is 23.5 Å². The SMILES string of the molecule is COc1ccc(C2=N/C(=C/c3ccc(F)cc3)C(=O)N2c2cccc(OC)c2)cc1. The summed E-state index contributed by atoms with van der Waals surface area (Å²) >= 11 is 0. The van der Waals surface area contributed by atoms with Crippen LogP contribution in [0.5, 0.6) is 11.5 Å². The van der Waals surface area contributed by atoms with Gasteiger partial charge in [-0.05, 0) is 60.2 Å². The van der Waals surface area contributed by atoms with Gasteiger partial charge in [0.1, 0.15) is 28.8 Å². The molecule has 3 aromatic rings. The number of methoxy groups -OCH3 is 2. The van der Waals surface area contributed by atoms with Gasteiger partial charge < -0.3 is 9.47 Å². The smallest absolute Gasteiger partial charge is 0.282 e. The first-order chi connectivity index (χ1) is 14.6. The number of carbonyl (C=O) groups is 1. The Kier molecular flexibility index (Phi) is 5.30. The van der Waals surface area contributed by atoms with Gasteiger partial charge in [0.15, 0.2) is 0 Å². The second-order valence-corrected chi connectivity index (χ2v) is 6.59. The standard InChI is InChI=1S/C24H19FN2O3/c1-29-20-12-8-17(9-13-20)23-26-22(14-16-6-10-18(25)11-7-16)24(28)27(23)19-4-3-5-21(15-19)30-2/h3-15H,1-2H3/b22-14+. The van der Waals surface area contributed by atoms with Crippen molar-refractivity contribution in [3.63, 3.8) is 0 Å². The van der Waals surface area contributed by atoms with Gasteiger partial charge in [0.25, 0.3) is 5.91 Å². The number of halogens is 1. The Morgan fingerprint density at radius 2 is 1.60 bits per heavy atom. The molecule has 0 spiro atoms. The molecule has 0 aliphatic carbocycles. The predicted molar refractivity (Wildman–Crippen MR) is 114 cm³/mol. The van der Waals surface area contributed by atoms with E-state index in [4.69, 9.17) is 9.47 Å². The highest BCUT2D eigenvalue weighted by Gasteiger charge is 2.32. The molecule has 0 N–H and O–H groups in total. The summed E-state index contributed by atoms with van der Waals surface area (Å²) in [6.45, 7) is 0. The van der Waals surface area contributed by atoms with Gasteiger partial charge in [-0.15, -0.1) is 0 Å². The fraction of sp³-hybridized carbons (Fsp3) is 0.0833. The highest BCUT2D eigenvalue weighted by molar-refractivity contribution is 6.33. The number of aliphatic imine (C=N–C) groups is 1. The first kappa shape index (κ1) is 19.4. The first-order valence-corrected chi connectivity index (χ1v) is 9.28. The van der Waals surface area contributed by atoms with E-state index in [-0.39, 0.29) is 17.4 Å². The predicted octanol–water partition coefficient (Wildman–Crippen LogP) is 4.68. The third kappa shape index (κ3) is 3.80. The number of carbonyl (C=O) groups excluding carboxylic acids is 1. The number of amidine groups is 1. The maximum absolute atomic E-state index is 13.3. The Balaban J connectivity index is 1.81. The number of hydrogen-bond donors (Lipinski definition) is 0. The molecule has 0 bridgehead atoms. The van der Waals surface area contributed by atoms with E-state index in [0.29, 0.717) is 28.6 Å². The maximum Gasteiger partial charge on any atom is 0.282 e. The van der Waals surface area contributed by atoms with Crippen molar-refractivity contribution < 1.29 is 18.7 Å². The summed E-state index contributed by atoms with van der Waals surface area (Å²) in [5.41, 5.74) is 2.34. The van der Waals surface area contributed by atoms with Crippen LogP contribution in [0.4, 0.5) is 10.1 Å². The van der Waals surface area contributed by atoms with Crippen LogP contribution in [0.15, 0.2) is 83.5 Å². The minimum Gasteiger partial charge on any atom is -0.497 e. The Morgan fingerprint density at radius 3 is 2.27 bits per heavy atom. The average Bonchev–Trinajstić information content (AvgIpc) is 3.11. The minimum absolute atomic E-state index is 0.259. The molecule has 1 amide bonds. The maximum atomic E-state index is 13.3. The van der Waals surface area contributed by atoms with Gasteiger partial charge in [-0.3, -0.25) is 9.69 Å². The lowest BCUT2D eigenvalue weighted by atomic mass is 10.1. The zero-order valence-electron chi connectivity index (χ0n) is 16.5. The molecule has 1 aliphatic heterocycles. The molecule has 0 saturated heterocycles. The summed E-state index contributed by atoms with van der Waals surface area (Å²) < 4.78 is 23.8. The number of anilines is 1. The molecule has 1 heterocycles. The summed E-state index contributed by atoms with van der Waals surface area (Å²) in [4.78, 5) is 19.4. The number of nitrogens with zero attached hydrogens (tertiary/aromatic N) is 2. The van der Waals surface area contributed by atoms with Crippen LogP contribution in [-0.4, -0.2) is 26.0 Å². The molecule has 0 unspecified atom stereocenters. The molecule has 0 atom stereocenters. The highest BCUT2D eigenvalue weighted by Crippen LogP contribution is 2.30. The summed E-state index contributed by atoms with van der Waals surface area (Å²) in [5, 5.41) is 0. The Morgan fingerprint density at radius 1 is 0.900 bits per heavy atom. The van der Waals surface area contributed by atoms with Gasteiger partial charge in [-0.1, -0.05) is 18.2 Å². The van der Waals surface area contributed by atoms with Crippen LogP contribution in [0.2, 0.25) is 0 Å². The van der Waals surface area contributed by atoms with Crippen molar-refractivity contribution in [2.75, 3.05) is 19.1 Å². The number of hydrogen-bond acceptors (Lipinski definition) is 4. The fourth-order valence-electron chi connectivity index (χ4n) is 3.16. The molecule has 30 heavy (non-hydrogen) atoms. The molecular weight excluding hydrogens is 383 g/mol. The van der Waals surface area contributed by atoms with E-state index in [0.717, 1.165) is 5.56 Å². The fourth-order valence-corrected chi connectivity index (χ4v) is 3.16. The van der Waals surface area contributed by atoms with E-state index in [1.807, 2.05) is 42.5 Å². The second-order valence-electron chi connectivity index (χ2n) is 6.59. The van der Waals surface area contributed by atoms with Gasteiger partial charge in [-0.25, -0.2) is 9.38 Å². The molecule has 3 aromatic carbocycles. The number of benzene rings is 3.